The Kier molecular flexibility index (Phi) is 4.67. The highest BCUT2D eigenvalue weighted by molar-refractivity contribution is 5.94. The first-order valence-electron chi connectivity index (χ1n) is 5.52. The molecule has 0 fully saturated rings. The second-order valence-corrected chi connectivity index (χ2v) is 4.03. The minimum atomic E-state index is -0.594. The van der Waals surface area contributed by atoms with Crippen molar-refractivity contribution in [3.8, 4) is 11.8 Å². The Labute approximate surface area is 106 Å². The van der Waals surface area contributed by atoms with E-state index in [-0.39, 0.29) is 29.8 Å². The van der Waals surface area contributed by atoms with Gasteiger partial charge in [-0.05, 0) is 32.0 Å². The predicted molar refractivity (Wildman–Crippen MR) is 64.7 cm³/mol. The van der Waals surface area contributed by atoms with E-state index >= 15 is 0 Å². The molecule has 0 aliphatic carbocycles. The summed E-state index contributed by atoms with van der Waals surface area (Å²) in [6.45, 7) is 3.58. The van der Waals surface area contributed by atoms with Crippen molar-refractivity contribution in [2.45, 2.75) is 19.9 Å². The van der Waals surface area contributed by atoms with Gasteiger partial charge in [-0.1, -0.05) is 0 Å². The lowest BCUT2D eigenvalue weighted by Gasteiger charge is -2.23. The summed E-state index contributed by atoms with van der Waals surface area (Å²) < 4.78 is 18.3. The largest absolute Gasteiger partial charge is 0.494 e. The maximum Gasteiger partial charge on any atom is 0.255 e. The van der Waals surface area contributed by atoms with E-state index in [0.717, 1.165) is 6.07 Å². The summed E-state index contributed by atoms with van der Waals surface area (Å²) >= 11 is 0. The molecular formula is C13H15FN2O2. The summed E-state index contributed by atoms with van der Waals surface area (Å²) in [5.41, 5.74) is 0.206. The van der Waals surface area contributed by atoms with Crippen LogP contribution in [0.5, 0.6) is 5.75 Å². The number of carbonyl (C=O) groups excluding carboxylic acids is 1. The van der Waals surface area contributed by atoms with Gasteiger partial charge in [-0.2, -0.15) is 5.26 Å². The number of halogens is 1. The summed E-state index contributed by atoms with van der Waals surface area (Å²) in [5, 5.41) is 8.68. The number of hydrogen-bond donors (Lipinski definition) is 0. The zero-order chi connectivity index (χ0) is 13.7. The van der Waals surface area contributed by atoms with Crippen LogP contribution < -0.4 is 4.74 Å². The van der Waals surface area contributed by atoms with Crippen LogP contribution in [0.15, 0.2) is 18.2 Å². The Morgan fingerprint density at radius 2 is 2.22 bits per heavy atom. The van der Waals surface area contributed by atoms with E-state index in [0.29, 0.717) is 0 Å². The summed E-state index contributed by atoms with van der Waals surface area (Å²) in [6.07, 6.45) is 0. The highest BCUT2D eigenvalue weighted by Gasteiger charge is 2.19. The molecule has 0 unspecified atom stereocenters. The standard InChI is InChI=1S/C13H15FN2O2/c1-9(2)16(7-6-15)13(17)10-4-5-12(18-3)11(14)8-10/h4-5,8-9H,7H2,1-3H3. The Balaban J connectivity index is 3.02. The summed E-state index contributed by atoms with van der Waals surface area (Å²) in [6, 6.07) is 5.80. The van der Waals surface area contributed by atoms with Crippen LogP contribution in [0.3, 0.4) is 0 Å². The molecule has 0 spiro atoms. The lowest BCUT2D eigenvalue weighted by atomic mass is 10.1. The molecule has 0 radical (unpaired) electrons. The van der Waals surface area contributed by atoms with Gasteiger partial charge in [0.1, 0.15) is 6.54 Å². The van der Waals surface area contributed by atoms with Gasteiger partial charge in [0.2, 0.25) is 0 Å². The summed E-state index contributed by atoms with van der Waals surface area (Å²) in [5.74, 6) is -0.875. The molecule has 1 rings (SSSR count). The Morgan fingerprint density at radius 1 is 1.56 bits per heavy atom. The first kappa shape index (κ1) is 14.0. The van der Waals surface area contributed by atoms with E-state index in [2.05, 4.69) is 0 Å². The fraction of sp³-hybridized carbons (Fsp3) is 0.385. The number of rotatable bonds is 4. The van der Waals surface area contributed by atoms with E-state index in [1.54, 1.807) is 13.8 Å². The first-order valence-corrected chi connectivity index (χ1v) is 5.52. The number of hydrogen-bond acceptors (Lipinski definition) is 3. The second-order valence-electron chi connectivity index (χ2n) is 4.03. The Morgan fingerprint density at radius 3 is 2.67 bits per heavy atom. The number of benzene rings is 1. The highest BCUT2D eigenvalue weighted by Crippen LogP contribution is 2.19. The molecule has 4 nitrogen and oxygen atoms in total. The van der Waals surface area contributed by atoms with Gasteiger partial charge in [0, 0.05) is 11.6 Å². The van der Waals surface area contributed by atoms with E-state index in [1.807, 2.05) is 6.07 Å². The normalized spacial score (nSPS) is 10.0. The average Bonchev–Trinajstić information content (AvgIpc) is 2.34. The van der Waals surface area contributed by atoms with Gasteiger partial charge < -0.3 is 9.64 Å². The van der Waals surface area contributed by atoms with Gasteiger partial charge in [-0.25, -0.2) is 4.39 Å². The first-order chi connectivity index (χ1) is 8.51. The number of methoxy groups -OCH3 is 1. The van der Waals surface area contributed by atoms with Gasteiger partial charge in [-0.15, -0.1) is 0 Å². The summed E-state index contributed by atoms with van der Waals surface area (Å²) in [7, 11) is 1.36. The molecule has 96 valence electrons. The van der Waals surface area contributed by atoms with Crippen LogP contribution in [0.1, 0.15) is 24.2 Å². The van der Waals surface area contributed by atoms with Gasteiger partial charge in [0.05, 0.1) is 13.2 Å². The second kappa shape index (κ2) is 6.01. The number of carbonyl (C=O) groups is 1. The molecule has 1 amide bonds. The molecule has 0 N–H and O–H groups in total. The molecule has 1 aromatic carbocycles. The maximum absolute atomic E-state index is 13.5. The molecule has 0 aliphatic heterocycles. The minimum Gasteiger partial charge on any atom is -0.494 e. The van der Waals surface area contributed by atoms with Gasteiger partial charge in [0.25, 0.3) is 5.91 Å². The Hall–Kier alpha value is -2.09. The van der Waals surface area contributed by atoms with Crippen molar-refractivity contribution in [1.82, 2.24) is 4.90 Å². The van der Waals surface area contributed by atoms with Crippen LogP contribution in [-0.4, -0.2) is 30.5 Å². The van der Waals surface area contributed by atoms with E-state index in [9.17, 15) is 9.18 Å². The third-order valence-corrected chi connectivity index (χ3v) is 2.52. The summed E-state index contributed by atoms with van der Waals surface area (Å²) in [4.78, 5) is 13.5. The monoisotopic (exact) mass is 250 g/mol. The molecule has 0 saturated carbocycles. The quantitative estimate of drug-likeness (QED) is 0.770. The average molecular weight is 250 g/mol. The third-order valence-electron chi connectivity index (χ3n) is 2.52. The zero-order valence-electron chi connectivity index (χ0n) is 10.6. The van der Waals surface area contributed by atoms with Crippen molar-refractivity contribution < 1.29 is 13.9 Å². The SMILES string of the molecule is COc1ccc(C(=O)N(CC#N)C(C)C)cc1F. The number of nitriles is 1. The van der Waals surface area contributed by atoms with E-state index in [1.165, 1.54) is 24.1 Å². The van der Waals surface area contributed by atoms with Crippen LogP contribution in [0.2, 0.25) is 0 Å². The van der Waals surface area contributed by atoms with E-state index in [4.69, 9.17) is 10.00 Å². The fourth-order valence-corrected chi connectivity index (χ4v) is 1.53. The molecule has 0 aliphatic rings. The maximum atomic E-state index is 13.5. The highest BCUT2D eigenvalue weighted by atomic mass is 19.1. The van der Waals surface area contributed by atoms with Crippen molar-refractivity contribution in [3.63, 3.8) is 0 Å². The van der Waals surface area contributed by atoms with E-state index < -0.39 is 5.82 Å². The molecule has 18 heavy (non-hydrogen) atoms. The van der Waals surface area contributed by atoms with Gasteiger partial charge in [-0.3, -0.25) is 4.79 Å². The van der Waals surface area contributed by atoms with Crippen molar-refractivity contribution >= 4 is 5.91 Å². The predicted octanol–water partition coefficient (Wildman–Crippen LogP) is 2.21. The van der Waals surface area contributed by atoms with Crippen LogP contribution in [0.4, 0.5) is 4.39 Å². The molecule has 0 bridgehead atoms. The van der Waals surface area contributed by atoms with Crippen molar-refractivity contribution in [2.75, 3.05) is 13.7 Å². The third kappa shape index (κ3) is 2.98. The lowest BCUT2D eigenvalue weighted by molar-refractivity contribution is 0.0731. The number of ether oxygens (including phenoxy) is 1. The molecule has 0 atom stereocenters. The molecule has 5 heteroatoms. The fourth-order valence-electron chi connectivity index (χ4n) is 1.53. The van der Waals surface area contributed by atoms with Crippen LogP contribution >= 0.6 is 0 Å². The minimum absolute atomic E-state index is 0.0237. The van der Waals surface area contributed by atoms with Crippen LogP contribution in [0, 0.1) is 17.1 Å². The molecule has 0 heterocycles. The van der Waals surface area contributed by atoms with Crippen molar-refractivity contribution in [2.24, 2.45) is 0 Å². The molecule has 0 aromatic heterocycles. The Bertz CT molecular complexity index is 480. The van der Waals surface area contributed by atoms with Gasteiger partial charge >= 0.3 is 0 Å². The van der Waals surface area contributed by atoms with Crippen LogP contribution in [0.25, 0.3) is 0 Å². The number of nitrogens with zero attached hydrogens (tertiary/aromatic N) is 2. The van der Waals surface area contributed by atoms with Gasteiger partial charge in [0.15, 0.2) is 11.6 Å². The van der Waals surface area contributed by atoms with Crippen molar-refractivity contribution in [1.29, 1.82) is 5.26 Å². The zero-order valence-corrected chi connectivity index (χ0v) is 10.6. The molecular weight excluding hydrogens is 235 g/mol. The number of amides is 1. The lowest BCUT2D eigenvalue weighted by Crippen LogP contribution is -2.37. The van der Waals surface area contributed by atoms with Crippen molar-refractivity contribution in [3.05, 3.63) is 29.6 Å². The molecule has 0 saturated heterocycles. The topological polar surface area (TPSA) is 53.3 Å². The smallest absolute Gasteiger partial charge is 0.255 e. The molecule has 1 aromatic rings. The van der Waals surface area contributed by atoms with Crippen LogP contribution in [-0.2, 0) is 0 Å².